The number of methoxy groups -OCH3 is 1. The molecule has 2 rings (SSSR count). The van der Waals surface area contributed by atoms with Crippen LogP contribution in [-0.4, -0.2) is 37.6 Å². The highest BCUT2D eigenvalue weighted by Crippen LogP contribution is 2.21. The fourth-order valence-corrected chi connectivity index (χ4v) is 3.16. The third kappa shape index (κ3) is 5.85. The molecule has 0 radical (unpaired) electrons. The van der Waals surface area contributed by atoms with Crippen LogP contribution in [0.1, 0.15) is 26.7 Å². The van der Waals surface area contributed by atoms with E-state index in [4.69, 9.17) is 4.74 Å². The second-order valence-corrected chi connectivity index (χ2v) is 6.24. The largest absolute Gasteiger partial charge is 0.497 e. The van der Waals surface area contributed by atoms with Crippen LogP contribution in [0.3, 0.4) is 0 Å². The predicted molar refractivity (Wildman–Crippen MR) is 92.9 cm³/mol. The van der Waals surface area contributed by atoms with Gasteiger partial charge in [0.05, 0.1) is 7.11 Å². The molecule has 1 amide bonds. The highest BCUT2D eigenvalue weighted by molar-refractivity contribution is 5.91. The molecule has 0 saturated carbocycles. The fourth-order valence-electron chi connectivity index (χ4n) is 3.16. The Morgan fingerprint density at radius 2 is 2.00 bits per heavy atom. The minimum Gasteiger partial charge on any atom is -0.497 e. The molecule has 2 unspecified atom stereocenters. The van der Waals surface area contributed by atoms with Gasteiger partial charge in [-0.2, -0.15) is 0 Å². The van der Waals surface area contributed by atoms with Crippen molar-refractivity contribution >= 4 is 24.0 Å². The molecule has 0 bridgehead atoms. The molecule has 1 aliphatic heterocycles. The van der Waals surface area contributed by atoms with Crippen LogP contribution in [0.15, 0.2) is 24.3 Å². The molecule has 1 aliphatic rings. The zero-order chi connectivity index (χ0) is 15.2. The molecular formula is C17H27ClN2O2. The van der Waals surface area contributed by atoms with Crippen molar-refractivity contribution in [3.8, 4) is 5.75 Å². The van der Waals surface area contributed by atoms with Gasteiger partial charge in [0.15, 0.2) is 0 Å². The van der Waals surface area contributed by atoms with E-state index in [1.165, 1.54) is 6.42 Å². The number of carbonyl (C=O) groups excluding carboxylic acids is 1. The lowest BCUT2D eigenvalue weighted by molar-refractivity contribution is -0.116. The maximum Gasteiger partial charge on any atom is 0.225 e. The molecule has 4 nitrogen and oxygen atoms in total. The molecule has 1 saturated heterocycles. The van der Waals surface area contributed by atoms with Crippen molar-refractivity contribution < 1.29 is 9.53 Å². The molecular weight excluding hydrogens is 300 g/mol. The monoisotopic (exact) mass is 326 g/mol. The Morgan fingerprint density at radius 3 is 2.64 bits per heavy atom. The zero-order valence-corrected chi connectivity index (χ0v) is 14.5. The Morgan fingerprint density at radius 1 is 1.32 bits per heavy atom. The number of benzene rings is 1. The Hall–Kier alpha value is -1.26. The summed E-state index contributed by atoms with van der Waals surface area (Å²) in [4.78, 5) is 14.4. The summed E-state index contributed by atoms with van der Waals surface area (Å²) in [6.45, 7) is 7.63. The Balaban J connectivity index is 0.00000242. The number of amides is 1. The van der Waals surface area contributed by atoms with E-state index >= 15 is 0 Å². The number of rotatable bonds is 5. The number of halogens is 1. The number of hydrogen-bond donors (Lipinski definition) is 1. The van der Waals surface area contributed by atoms with Crippen LogP contribution in [0.25, 0.3) is 0 Å². The molecule has 2 atom stereocenters. The van der Waals surface area contributed by atoms with E-state index in [-0.39, 0.29) is 18.3 Å². The van der Waals surface area contributed by atoms with Gasteiger partial charge in [-0.05, 0) is 30.4 Å². The molecule has 1 aromatic rings. The van der Waals surface area contributed by atoms with E-state index in [1.54, 1.807) is 7.11 Å². The first-order valence-corrected chi connectivity index (χ1v) is 7.73. The Kier molecular flexibility index (Phi) is 7.69. The number of piperidine rings is 1. The first kappa shape index (κ1) is 18.8. The number of likely N-dealkylation sites (tertiary alicyclic amines) is 1. The molecule has 22 heavy (non-hydrogen) atoms. The van der Waals surface area contributed by atoms with Crippen molar-refractivity contribution in [1.29, 1.82) is 0 Å². The van der Waals surface area contributed by atoms with E-state index in [2.05, 4.69) is 24.1 Å². The number of nitrogens with one attached hydrogen (secondary N) is 1. The van der Waals surface area contributed by atoms with E-state index in [0.29, 0.717) is 6.42 Å². The first-order valence-electron chi connectivity index (χ1n) is 7.73. The summed E-state index contributed by atoms with van der Waals surface area (Å²) in [6, 6.07) is 7.46. The van der Waals surface area contributed by atoms with Gasteiger partial charge in [0, 0.05) is 37.8 Å². The van der Waals surface area contributed by atoms with Crippen molar-refractivity contribution in [1.82, 2.24) is 4.90 Å². The minimum absolute atomic E-state index is 0. The van der Waals surface area contributed by atoms with Crippen molar-refractivity contribution in [2.45, 2.75) is 26.7 Å². The summed E-state index contributed by atoms with van der Waals surface area (Å²) in [6.07, 6.45) is 1.84. The Labute approximate surface area is 139 Å². The molecule has 1 N–H and O–H groups in total. The van der Waals surface area contributed by atoms with E-state index in [1.807, 2.05) is 24.3 Å². The van der Waals surface area contributed by atoms with Crippen molar-refractivity contribution in [2.24, 2.45) is 11.8 Å². The second kappa shape index (κ2) is 9.01. The molecule has 0 aliphatic carbocycles. The van der Waals surface area contributed by atoms with Gasteiger partial charge in [-0.1, -0.05) is 19.9 Å². The van der Waals surface area contributed by atoms with Gasteiger partial charge < -0.3 is 15.0 Å². The highest BCUT2D eigenvalue weighted by atomic mass is 35.5. The van der Waals surface area contributed by atoms with Crippen LogP contribution in [-0.2, 0) is 4.79 Å². The van der Waals surface area contributed by atoms with Crippen LogP contribution in [0.2, 0.25) is 0 Å². The van der Waals surface area contributed by atoms with Crippen LogP contribution in [0.4, 0.5) is 5.69 Å². The lowest BCUT2D eigenvalue weighted by Gasteiger charge is -2.34. The van der Waals surface area contributed by atoms with Crippen molar-refractivity contribution in [3.63, 3.8) is 0 Å². The van der Waals surface area contributed by atoms with Gasteiger partial charge in [0.2, 0.25) is 5.91 Å². The zero-order valence-electron chi connectivity index (χ0n) is 13.7. The summed E-state index contributed by atoms with van der Waals surface area (Å²) >= 11 is 0. The van der Waals surface area contributed by atoms with Crippen molar-refractivity contribution in [2.75, 3.05) is 32.1 Å². The number of anilines is 1. The maximum absolute atomic E-state index is 12.0. The average Bonchev–Trinajstić information content (AvgIpc) is 2.44. The smallest absolute Gasteiger partial charge is 0.225 e. The summed E-state index contributed by atoms with van der Waals surface area (Å²) in [7, 11) is 1.62. The molecule has 0 aromatic heterocycles. The molecule has 1 heterocycles. The molecule has 0 spiro atoms. The van der Waals surface area contributed by atoms with Crippen LogP contribution < -0.4 is 10.1 Å². The quantitative estimate of drug-likeness (QED) is 0.901. The van der Waals surface area contributed by atoms with Gasteiger partial charge in [0.1, 0.15) is 5.75 Å². The van der Waals surface area contributed by atoms with Gasteiger partial charge in [-0.25, -0.2) is 0 Å². The molecule has 124 valence electrons. The van der Waals surface area contributed by atoms with E-state index in [0.717, 1.165) is 42.9 Å². The molecule has 5 heteroatoms. The summed E-state index contributed by atoms with van der Waals surface area (Å²) < 4.78 is 5.16. The van der Waals surface area contributed by atoms with Crippen LogP contribution in [0.5, 0.6) is 5.75 Å². The third-order valence-corrected chi connectivity index (χ3v) is 3.95. The van der Waals surface area contributed by atoms with E-state index < -0.39 is 0 Å². The minimum atomic E-state index is 0. The summed E-state index contributed by atoms with van der Waals surface area (Å²) in [5.41, 5.74) is 0.791. The first-order chi connectivity index (χ1) is 10.1. The Bertz CT molecular complexity index is 471. The van der Waals surface area contributed by atoms with Gasteiger partial charge in [-0.15, -0.1) is 12.4 Å². The van der Waals surface area contributed by atoms with Gasteiger partial charge in [-0.3, -0.25) is 4.79 Å². The number of carbonyl (C=O) groups is 1. The summed E-state index contributed by atoms with van der Waals surface area (Å²) in [5, 5.41) is 2.93. The van der Waals surface area contributed by atoms with Crippen LogP contribution >= 0.6 is 12.4 Å². The van der Waals surface area contributed by atoms with Gasteiger partial charge >= 0.3 is 0 Å². The SMILES string of the molecule is COc1cccc(NC(=O)CCN2CC(C)CC(C)C2)c1.Cl. The predicted octanol–water partition coefficient (Wildman–Crippen LogP) is 3.42. The highest BCUT2D eigenvalue weighted by Gasteiger charge is 2.21. The molecule has 1 fully saturated rings. The lowest BCUT2D eigenvalue weighted by Crippen LogP contribution is -2.40. The number of nitrogens with zero attached hydrogens (tertiary/aromatic N) is 1. The second-order valence-electron chi connectivity index (χ2n) is 6.24. The maximum atomic E-state index is 12.0. The average molecular weight is 327 g/mol. The number of hydrogen-bond acceptors (Lipinski definition) is 3. The normalized spacial score (nSPS) is 21.8. The summed E-state index contributed by atoms with van der Waals surface area (Å²) in [5.74, 6) is 2.28. The third-order valence-electron chi connectivity index (χ3n) is 3.95. The van der Waals surface area contributed by atoms with Crippen molar-refractivity contribution in [3.05, 3.63) is 24.3 Å². The van der Waals surface area contributed by atoms with E-state index in [9.17, 15) is 4.79 Å². The number of ether oxygens (including phenoxy) is 1. The topological polar surface area (TPSA) is 41.6 Å². The fraction of sp³-hybridized carbons (Fsp3) is 0.588. The van der Waals surface area contributed by atoms with Crippen LogP contribution in [0, 0.1) is 11.8 Å². The molecule has 1 aromatic carbocycles. The standard InChI is InChI=1S/C17H26N2O2.ClH/c1-13-9-14(2)12-19(11-13)8-7-17(20)18-15-5-4-6-16(10-15)21-3;/h4-6,10,13-14H,7-9,11-12H2,1-3H3,(H,18,20);1H. The lowest BCUT2D eigenvalue weighted by atomic mass is 9.92. The van der Waals surface area contributed by atoms with Gasteiger partial charge in [0.25, 0.3) is 0 Å².